The molecule has 0 radical (unpaired) electrons. The molecule has 0 bridgehead atoms. The van der Waals surface area contributed by atoms with E-state index in [4.69, 9.17) is 14.2 Å². The topological polar surface area (TPSA) is 175 Å². The minimum Gasteiger partial charge on any atom is -0.466 e. The lowest BCUT2D eigenvalue weighted by Crippen LogP contribution is -2.60. The predicted molar refractivity (Wildman–Crippen MR) is 352 cm³/mol. The summed E-state index contributed by atoms with van der Waals surface area (Å²) in [6.45, 7) is 4.30. The van der Waals surface area contributed by atoms with E-state index in [1.54, 1.807) is 6.08 Å². The molecule has 7 unspecified atom stereocenters. The number of carbonyl (C=O) groups is 2. The molecule has 1 aliphatic rings. The van der Waals surface area contributed by atoms with Crippen LogP contribution in [0.2, 0.25) is 0 Å². The van der Waals surface area contributed by atoms with Crippen molar-refractivity contribution in [1.29, 1.82) is 0 Å². The number of amides is 1. The maximum atomic E-state index is 13.0. The van der Waals surface area contributed by atoms with Crippen molar-refractivity contribution < 1.29 is 49.3 Å². The fraction of sp³-hybridized carbons (Fsp3) is 0.863. The molecule has 11 nitrogen and oxygen atoms in total. The Morgan fingerprint density at radius 1 is 0.429 bits per heavy atom. The second kappa shape index (κ2) is 62.2. The number of aliphatic hydroxyl groups excluding tert-OH is 5. The van der Waals surface area contributed by atoms with Gasteiger partial charge in [0.2, 0.25) is 5.91 Å². The lowest BCUT2D eigenvalue weighted by atomic mass is 9.99. The van der Waals surface area contributed by atoms with Crippen molar-refractivity contribution in [3.8, 4) is 0 Å². The molecule has 1 saturated heterocycles. The van der Waals surface area contributed by atoms with Gasteiger partial charge in [0.25, 0.3) is 0 Å². The average molecular weight is 1190 g/mol. The molecule has 492 valence electrons. The Hall–Kier alpha value is -2.38. The van der Waals surface area contributed by atoms with Crippen LogP contribution >= 0.6 is 0 Å². The van der Waals surface area contributed by atoms with E-state index in [1.807, 2.05) is 6.08 Å². The van der Waals surface area contributed by atoms with Crippen LogP contribution in [0.5, 0.6) is 0 Å². The van der Waals surface area contributed by atoms with Crippen LogP contribution in [0.3, 0.4) is 0 Å². The van der Waals surface area contributed by atoms with Gasteiger partial charge in [0.15, 0.2) is 6.29 Å². The van der Waals surface area contributed by atoms with E-state index in [2.05, 4.69) is 55.6 Å². The van der Waals surface area contributed by atoms with Gasteiger partial charge >= 0.3 is 5.97 Å². The van der Waals surface area contributed by atoms with Gasteiger partial charge in [-0.25, -0.2) is 0 Å². The fourth-order valence-electron chi connectivity index (χ4n) is 11.2. The summed E-state index contributed by atoms with van der Waals surface area (Å²) in [7, 11) is 0. The van der Waals surface area contributed by atoms with Gasteiger partial charge in [-0.1, -0.05) is 281 Å². The number of ether oxygens (including phenoxy) is 3. The summed E-state index contributed by atoms with van der Waals surface area (Å²) < 4.78 is 16.7. The van der Waals surface area contributed by atoms with E-state index in [1.165, 1.54) is 257 Å². The third-order valence-corrected chi connectivity index (χ3v) is 16.9. The first-order valence-corrected chi connectivity index (χ1v) is 35.9. The molecule has 1 amide bonds. The zero-order valence-electron chi connectivity index (χ0n) is 54.6. The second-order valence-electron chi connectivity index (χ2n) is 24.9. The Morgan fingerprint density at radius 3 is 1.20 bits per heavy atom. The zero-order chi connectivity index (χ0) is 60.9. The highest BCUT2D eigenvalue weighted by atomic mass is 16.7. The highest BCUT2D eigenvalue weighted by Crippen LogP contribution is 2.23. The molecule has 1 aliphatic heterocycles. The van der Waals surface area contributed by atoms with Crippen molar-refractivity contribution in [2.24, 2.45) is 0 Å². The number of hydrogen-bond acceptors (Lipinski definition) is 10. The molecule has 1 heterocycles. The van der Waals surface area contributed by atoms with Crippen molar-refractivity contribution in [1.82, 2.24) is 5.32 Å². The number of carbonyl (C=O) groups excluding carboxylic acids is 2. The van der Waals surface area contributed by atoms with Crippen LogP contribution in [0.4, 0.5) is 0 Å². The molecule has 0 aromatic heterocycles. The van der Waals surface area contributed by atoms with Crippen molar-refractivity contribution in [2.45, 2.75) is 384 Å². The summed E-state index contributed by atoms with van der Waals surface area (Å²) in [5, 5.41) is 54.2. The average Bonchev–Trinajstić information content (AvgIpc) is 3.44. The van der Waals surface area contributed by atoms with Crippen molar-refractivity contribution >= 4 is 11.9 Å². The maximum Gasteiger partial charge on any atom is 0.305 e. The monoisotopic (exact) mass is 1190 g/mol. The first-order chi connectivity index (χ1) is 41.2. The molecule has 1 rings (SSSR count). The SMILES string of the molecule is CCCCC/C=C/CC/C=C/C(O)C(COC1OC(CO)C(O)C(O)C1O)NC(=O)CCCCCCCCCCCCCC/C=C\CCCCCCCCCCCCCCOC(=O)CCCCCCCCCCC/C=C\CCCCCCCC. The number of allylic oxidation sites excluding steroid dienone is 7. The number of nitrogens with one attached hydrogen (secondary N) is 1. The van der Waals surface area contributed by atoms with E-state index < -0.39 is 49.5 Å². The van der Waals surface area contributed by atoms with Gasteiger partial charge in [-0.2, -0.15) is 0 Å². The van der Waals surface area contributed by atoms with E-state index in [9.17, 15) is 35.1 Å². The molecule has 1 fully saturated rings. The summed E-state index contributed by atoms with van der Waals surface area (Å²) >= 11 is 0. The van der Waals surface area contributed by atoms with Gasteiger partial charge in [0, 0.05) is 12.8 Å². The quantitative estimate of drug-likeness (QED) is 0.0195. The molecule has 0 saturated carbocycles. The number of rotatable bonds is 63. The largest absolute Gasteiger partial charge is 0.466 e. The number of aliphatic hydroxyl groups is 5. The predicted octanol–water partition coefficient (Wildman–Crippen LogP) is 18.4. The van der Waals surface area contributed by atoms with Gasteiger partial charge in [0.1, 0.15) is 24.4 Å². The van der Waals surface area contributed by atoms with E-state index in [-0.39, 0.29) is 18.5 Å². The first kappa shape index (κ1) is 79.6. The Kier molecular flexibility index (Phi) is 59.0. The molecule has 0 aromatic rings. The fourth-order valence-corrected chi connectivity index (χ4v) is 11.2. The molecular weight excluding hydrogens is 1050 g/mol. The summed E-state index contributed by atoms with van der Waals surface area (Å²) in [6.07, 6.45) is 71.3. The van der Waals surface area contributed by atoms with Gasteiger partial charge in [-0.15, -0.1) is 0 Å². The Balaban J connectivity index is 1.91. The number of hydrogen-bond donors (Lipinski definition) is 6. The summed E-state index contributed by atoms with van der Waals surface area (Å²) in [5.41, 5.74) is 0. The summed E-state index contributed by atoms with van der Waals surface area (Å²) in [6, 6.07) is -0.827. The molecule has 0 aromatic carbocycles. The number of unbranched alkanes of at least 4 members (excludes halogenated alkanes) is 43. The van der Waals surface area contributed by atoms with Gasteiger partial charge in [-0.3, -0.25) is 9.59 Å². The molecule has 0 spiro atoms. The minimum atomic E-state index is -1.58. The molecule has 7 atom stereocenters. The van der Waals surface area contributed by atoms with E-state index >= 15 is 0 Å². The van der Waals surface area contributed by atoms with Crippen LogP contribution in [0.15, 0.2) is 48.6 Å². The van der Waals surface area contributed by atoms with Crippen LogP contribution in [0.25, 0.3) is 0 Å². The molecule has 6 N–H and O–H groups in total. The van der Waals surface area contributed by atoms with Crippen LogP contribution in [-0.2, 0) is 23.8 Å². The van der Waals surface area contributed by atoms with Crippen LogP contribution in [0, 0.1) is 0 Å². The van der Waals surface area contributed by atoms with Crippen LogP contribution in [0.1, 0.15) is 341 Å². The third-order valence-electron chi connectivity index (χ3n) is 16.9. The van der Waals surface area contributed by atoms with Crippen LogP contribution in [-0.4, -0.2) is 100 Å². The van der Waals surface area contributed by atoms with E-state index in [0.717, 1.165) is 57.8 Å². The van der Waals surface area contributed by atoms with Gasteiger partial charge < -0.3 is 45.1 Å². The third kappa shape index (κ3) is 50.6. The van der Waals surface area contributed by atoms with Crippen molar-refractivity contribution in [3.05, 3.63) is 48.6 Å². The highest BCUT2D eigenvalue weighted by Gasteiger charge is 2.44. The molecular formula is C73H135NO10. The zero-order valence-corrected chi connectivity index (χ0v) is 54.6. The van der Waals surface area contributed by atoms with E-state index in [0.29, 0.717) is 19.4 Å². The Bertz CT molecular complexity index is 1530. The Morgan fingerprint density at radius 2 is 0.774 bits per heavy atom. The summed E-state index contributed by atoms with van der Waals surface area (Å²) in [4.78, 5) is 25.1. The van der Waals surface area contributed by atoms with Crippen LogP contribution < -0.4 is 5.32 Å². The normalized spacial score (nSPS) is 18.3. The van der Waals surface area contributed by atoms with Crippen molar-refractivity contribution in [2.75, 3.05) is 19.8 Å². The molecule has 0 aliphatic carbocycles. The standard InChI is InChI=1S/C73H135NO10/c1-3-5-7-9-11-13-14-15-16-17-28-32-35-38-41-45-49-53-57-61-69(78)82-62-58-54-50-46-42-39-36-33-30-27-25-23-21-19-18-20-22-24-26-29-31-34-37-40-44-48-52-56-60-68(77)74-65(66(76)59-55-51-47-43-12-10-8-6-4-2)64-83-73-72(81)71(80)70(79)67(63-75)84-73/h12,15-16,18-19,43,55,59,65-67,70-73,75-76,79-81H,3-11,13-14,17,20-42,44-54,56-58,60-64H2,1-2H3,(H,74,77)/b16-15-,19-18-,43-12+,59-55+. The number of esters is 1. The highest BCUT2D eigenvalue weighted by molar-refractivity contribution is 5.76. The lowest BCUT2D eigenvalue weighted by Gasteiger charge is -2.40. The summed E-state index contributed by atoms with van der Waals surface area (Å²) in [5.74, 6) is -0.188. The first-order valence-electron chi connectivity index (χ1n) is 35.9. The lowest BCUT2D eigenvalue weighted by molar-refractivity contribution is -0.302. The van der Waals surface area contributed by atoms with Gasteiger partial charge in [0.05, 0.1) is 32.0 Å². The van der Waals surface area contributed by atoms with Crippen molar-refractivity contribution in [3.63, 3.8) is 0 Å². The molecule has 11 heteroatoms. The minimum absolute atomic E-state index is 0.00608. The second-order valence-corrected chi connectivity index (χ2v) is 24.9. The Labute approximate surface area is 516 Å². The maximum absolute atomic E-state index is 13.0. The van der Waals surface area contributed by atoms with Gasteiger partial charge in [-0.05, 0) is 96.3 Å². The molecule has 84 heavy (non-hydrogen) atoms. The smallest absolute Gasteiger partial charge is 0.305 e.